The predicted octanol–water partition coefficient (Wildman–Crippen LogP) is 3.08. The molecule has 0 bridgehead atoms. The van der Waals surface area contributed by atoms with Crippen LogP contribution in [0.2, 0.25) is 10.0 Å². The van der Waals surface area contributed by atoms with E-state index in [0.717, 1.165) is 0 Å². The average Bonchev–Trinajstić information content (AvgIpc) is 3.06. The Morgan fingerprint density at radius 1 is 1.12 bits per heavy atom. The van der Waals surface area contributed by atoms with Gasteiger partial charge < -0.3 is 0 Å². The summed E-state index contributed by atoms with van der Waals surface area (Å²) in [6.45, 7) is 1.77. The fraction of sp³-hybridized carbons (Fsp3) is 0.0714. The predicted molar refractivity (Wildman–Crippen MR) is 91.2 cm³/mol. The molecular weight excluding hydrogens is 373 g/mol. The zero-order valence-corrected chi connectivity index (χ0v) is 14.6. The first-order chi connectivity index (χ1) is 11.4. The average molecular weight is 384 g/mol. The van der Waals surface area contributed by atoms with E-state index in [0.29, 0.717) is 16.9 Å². The summed E-state index contributed by atoms with van der Waals surface area (Å²) in [7, 11) is -3.81. The molecule has 0 spiro atoms. The number of aromatic nitrogens is 4. The van der Waals surface area contributed by atoms with E-state index >= 15 is 0 Å². The van der Waals surface area contributed by atoms with Crippen molar-refractivity contribution in [3.63, 3.8) is 0 Å². The zero-order chi connectivity index (χ0) is 17.3. The molecule has 0 unspecified atom stereocenters. The van der Waals surface area contributed by atoms with Gasteiger partial charge in [-0.3, -0.25) is 4.72 Å². The van der Waals surface area contributed by atoms with Crippen LogP contribution >= 0.6 is 23.2 Å². The Bertz CT molecular complexity index is 990. The van der Waals surface area contributed by atoms with Gasteiger partial charge in [-0.15, -0.1) is 5.10 Å². The quantitative estimate of drug-likeness (QED) is 0.747. The van der Waals surface area contributed by atoms with Crippen molar-refractivity contribution in [3.8, 4) is 5.69 Å². The van der Waals surface area contributed by atoms with Crippen molar-refractivity contribution in [2.24, 2.45) is 0 Å². The van der Waals surface area contributed by atoms with Gasteiger partial charge in [0.15, 0.2) is 0 Å². The summed E-state index contributed by atoms with van der Waals surface area (Å²) in [6.07, 6.45) is 1.43. The third kappa shape index (κ3) is 3.21. The first-order valence-corrected chi connectivity index (χ1v) is 8.93. The molecule has 1 heterocycles. The van der Waals surface area contributed by atoms with E-state index in [1.807, 2.05) is 0 Å². The standard InChI is InChI=1S/C14H11Cl2N5O2S/c1-9-13(3-2-4-14(9)21-8-17-19-20-21)18-24(22,23)10-5-6-11(15)12(16)7-10/h2-8,18H,1H3. The summed E-state index contributed by atoms with van der Waals surface area (Å²) in [5, 5.41) is 11.4. The Balaban J connectivity index is 1.99. The van der Waals surface area contributed by atoms with E-state index < -0.39 is 10.0 Å². The molecule has 3 rings (SSSR count). The summed E-state index contributed by atoms with van der Waals surface area (Å²) in [5.74, 6) is 0. The van der Waals surface area contributed by atoms with Crippen molar-refractivity contribution in [1.82, 2.24) is 20.2 Å². The molecule has 0 saturated heterocycles. The van der Waals surface area contributed by atoms with Gasteiger partial charge in [0.1, 0.15) is 6.33 Å². The number of nitrogens with zero attached hydrogens (tertiary/aromatic N) is 4. The van der Waals surface area contributed by atoms with E-state index in [-0.39, 0.29) is 14.9 Å². The van der Waals surface area contributed by atoms with Gasteiger partial charge in [0, 0.05) is 0 Å². The van der Waals surface area contributed by atoms with Gasteiger partial charge >= 0.3 is 0 Å². The van der Waals surface area contributed by atoms with Gasteiger partial charge in [0.25, 0.3) is 10.0 Å². The monoisotopic (exact) mass is 383 g/mol. The normalized spacial score (nSPS) is 11.5. The van der Waals surface area contributed by atoms with E-state index in [1.54, 1.807) is 25.1 Å². The summed E-state index contributed by atoms with van der Waals surface area (Å²) >= 11 is 11.7. The zero-order valence-electron chi connectivity index (χ0n) is 12.3. The number of rotatable bonds is 4. The van der Waals surface area contributed by atoms with E-state index in [2.05, 4.69) is 20.2 Å². The van der Waals surface area contributed by atoms with E-state index in [9.17, 15) is 8.42 Å². The number of tetrazole rings is 1. The Labute approximate surface area is 148 Å². The summed E-state index contributed by atoms with van der Waals surface area (Å²) in [5.41, 5.74) is 1.75. The van der Waals surface area contributed by atoms with Gasteiger partial charge in [-0.05, 0) is 53.2 Å². The number of anilines is 1. The summed E-state index contributed by atoms with van der Waals surface area (Å²) in [6, 6.07) is 9.25. The van der Waals surface area contributed by atoms with Crippen molar-refractivity contribution in [2.75, 3.05) is 4.72 Å². The Morgan fingerprint density at radius 3 is 2.58 bits per heavy atom. The molecule has 124 valence electrons. The van der Waals surface area contributed by atoms with Crippen LogP contribution in [0.4, 0.5) is 5.69 Å². The molecule has 1 N–H and O–H groups in total. The van der Waals surface area contributed by atoms with Crippen LogP contribution in [-0.4, -0.2) is 28.6 Å². The van der Waals surface area contributed by atoms with E-state index in [1.165, 1.54) is 29.2 Å². The number of hydrogen-bond donors (Lipinski definition) is 1. The molecule has 2 aromatic carbocycles. The third-order valence-electron chi connectivity index (χ3n) is 3.35. The van der Waals surface area contributed by atoms with Crippen LogP contribution in [0, 0.1) is 6.92 Å². The minimum atomic E-state index is -3.81. The second-order valence-corrected chi connectivity index (χ2v) is 7.38. The first kappa shape index (κ1) is 16.7. The Hall–Kier alpha value is -2.16. The SMILES string of the molecule is Cc1c(NS(=O)(=O)c2ccc(Cl)c(Cl)c2)cccc1-n1cnnn1. The smallest absolute Gasteiger partial charge is 0.261 e. The molecule has 24 heavy (non-hydrogen) atoms. The highest BCUT2D eigenvalue weighted by atomic mass is 35.5. The highest BCUT2D eigenvalue weighted by molar-refractivity contribution is 7.92. The highest BCUT2D eigenvalue weighted by Crippen LogP contribution is 2.28. The molecule has 0 fully saturated rings. The largest absolute Gasteiger partial charge is 0.279 e. The molecule has 0 amide bonds. The molecule has 0 aliphatic rings. The van der Waals surface area contributed by atoms with Crippen molar-refractivity contribution in [1.29, 1.82) is 0 Å². The second kappa shape index (κ2) is 6.39. The molecule has 3 aromatic rings. The maximum atomic E-state index is 12.6. The number of sulfonamides is 1. The topological polar surface area (TPSA) is 89.8 Å². The molecule has 0 saturated carbocycles. The number of halogens is 2. The molecule has 10 heteroatoms. The molecular formula is C14H11Cl2N5O2S. The van der Waals surface area contributed by atoms with Crippen molar-refractivity contribution < 1.29 is 8.42 Å². The van der Waals surface area contributed by atoms with Crippen LogP contribution < -0.4 is 4.72 Å². The Kier molecular flexibility index (Phi) is 4.44. The van der Waals surface area contributed by atoms with Crippen LogP contribution in [0.25, 0.3) is 5.69 Å². The lowest BCUT2D eigenvalue weighted by molar-refractivity contribution is 0.601. The van der Waals surface area contributed by atoms with Gasteiger partial charge in [-0.1, -0.05) is 29.3 Å². The molecule has 1 aromatic heterocycles. The molecule has 0 aliphatic heterocycles. The van der Waals surface area contributed by atoms with Crippen molar-refractivity contribution >= 4 is 38.9 Å². The van der Waals surface area contributed by atoms with Crippen LogP contribution in [0.3, 0.4) is 0 Å². The second-order valence-electron chi connectivity index (χ2n) is 4.89. The maximum absolute atomic E-state index is 12.6. The first-order valence-electron chi connectivity index (χ1n) is 6.69. The van der Waals surface area contributed by atoms with Crippen molar-refractivity contribution in [2.45, 2.75) is 11.8 Å². The lowest BCUT2D eigenvalue weighted by Gasteiger charge is -2.13. The number of benzene rings is 2. The third-order valence-corrected chi connectivity index (χ3v) is 5.45. The van der Waals surface area contributed by atoms with Crippen LogP contribution in [0.1, 0.15) is 5.56 Å². The summed E-state index contributed by atoms with van der Waals surface area (Å²) in [4.78, 5) is 0.0177. The fourth-order valence-corrected chi connectivity index (χ4v) is 3.61. The van der Waals surface area contributed by atoms with Gasteiger partial charge in [0.05, 0.1) is 26.3 Å². The van der Waals surface area contributed by atoms with Gasteiger partial charge in [0.2, 0.25) is 0 Å². The van der Waals surface area contributed by atoms with E-state index in [4.69, 9.17) is 23.2 Å². The van der Waals surface area contributed by atoms with Gasteiger partial charge in [-0.2, -0.15) is 0 Å². The number of hydrogen-bond acceptors (Lipinski definition) is 5. The Morgan fingerprint density at radius 2 is 1.92 bits per heavy atom. The lowest BCUT2D eigenvalue weighted by Crippen LogP contribution is -2.14. The minimum Gasteiger partial charge on any atom is -0.279 e. The lowest BCUT2D eigenvalue weighted by atomic mass is 10.1. The molecule has 0 atom stereocenters. The van der Waals surface area contributed by atoms with Crippen LogP contribution in [0.15, 0.2) is 47.6 Å². The minimum absolute atomic E-state index is 0.0177. The van der Waals surface area contributed by atoms with Crippen LogP contribution in [-0.2, 0) is 10.0 Å². The molecule has 0 radical (unpaired) electrons. The van der Waals surface area contributed by atoms with Crippen LogP contribution in [0.5, 0.6) is 0 Å². The van der Waals surface area contributed by atoms with Crippen molar-refractivity contribution in [3.05, 3.63) is 58.3 Å². The maximum Gasteiger partial charge on any atom is 0.261 e. The van der Waals surface area contributed by atoms with Gasteiger partial charge in [-0.25, -0.2) is 13.1 Å². The highest BCUT2D eigenvalue weighted by Gasteiger charge is 2.18. The number of nitrogens with one attached hydrogen (secondary N) is 1. The molecule has 7 nitrogen and oxygen atoms in total. The molecule has 0 aliphatic carbocycles. The fourth-order valence-electron chi connectivity index (χ4n) is 2.10. The summed E-state index contributed by atoms with van der Waals surface area (Å²) < 4.78 is 29.1.